The maximum absolute atomic E-state index is 9.84. The molecule has 0 aliphatic carbocycles. The van der Waals surface area contributed by atoms with Crippen LogP contribution in [0.25, 0.3) is 44.3 Å². The van der Waals surface area contributed by atoms with Crippen molar-refractivity contribution in [3.63, 3.8) is 0 Å². The van der Waals surface area contributed by atoms with E-state index in [4.69, 9.17) is 5.79 Å². The number of furan rings is 1. The molecule has 0 saturated carbocycles. The van der Waals surface area contributed by atoms with Gasteiger partial charge in [-0.2, -0.15) is 5.26 Å². The molecule has 0 bridgehead atoms. The van der Waals surface area contributed by atoms with E-state index in [1.807, 2.05) is 48.5 Å². The van der Waals surface area contributed by atoms with Crippen molar-refractivity contribution < 1.29 is 5.79 Å². The standard InChI is InChI=1S/C28H22N2O/c1-28(2,3)22-15-14-20(23-11-7-8-16-30-23)26-25(22)21-13-12-19(17-29)24(27(21)31-26)18-9-5-4-6-10-18/h4-16H,1-3H3/i7D. The first-order chi connectivity index (χ1) is 15.4. The van der Waals surface area contributed by atoms with E-state index >= 15 is 0 Å². The summed E-state index contributed by atoms with van der Waals surface area (Å²) in [5.74, 6) is 0. The summed E-state index contributed by atoms with van der Waals surface area (Å²) >= 11 is 0. The molecule has 0 atom stereocenters. The molecule has 3 heteroatoms. The van der Waals surface area contributed by atoms with Crippen LogP contribution in [0.1, 0.15) is 33.3 Å². The molecule has 0 radical (unpaired) electrons. The van der Waals surface area contributed by atoms with Gasteiger partial charge in [0.25, 0.3) is 0 Å². The summed E-state index contributed by atoms with van der Waals surface area (Å²) in [7, 11) is 0. The highest BCUT2D eigenvalue weighted by Crippen LogP contribution is 2.44. The number of rotatable bonds is 2. The van der Waals surface area contributed by atoms with Crippen molar-refractivity contribution in [2.45, 2.75) is 26.2 Å². The number of nitriles is 1. The van der Waals surface area contributed by atoms with E-state index in [-0.39, 0.29) is 5.41 Å². The number of pyridine rings is 1. The van der Waals surface area contributed by atoms with Gasteiger partial charge in [0.15, 0.2) is 0 Å². The van der Waals surface area contributed by atoms with E-state index < -0.39 is 0 Å². The van der Waals surface area contributed by atoms with Crippen molar-refractivity contribution in [2.24, 2.45) is 0 Å². The van der Waals surface area contributed by atoms with Crippen molar-refractivity contribution in [3.8, 4) is 28.5 Å². The molecule has 3 aromatic carbocycles. The van der Waals surface area contributed by atoms with Crippen LogP contribution in [0.3, 0.4) is 0 Å². The average Bonchev–Trinajstić information content (AvgIpc) is 3.17. The number of nitrogens with zero attached hydrogens (tertiary/aromatic N) is 2. The van der Waals surface area contributed by atoms with Gasteiger partial charge >= 0.3 is 0 Å². The van der Waals surface area contributed by atoms with E-state index in [2.05, 4.69) is 37.9 Å². The molecule has 3 nitrogen and oxygen atoms in total. The van der Waals surface area contributed by atoms with Crippen molar-refractivity contribution in [3.05, 3.63) is 90.1 Å². The summed E-state index contributed by atoms with van der Waals surface area (Å²) in [6.07, 6.45) is 1.65. The fourth-order valence-corrected chi connectivity index (χ4v) is 4.23. The van der Waals surface area contributed by atoms with Crippen LogP contribution in [0, 0.1) is 11.3 Å². The molecular formula is C28H22N2O. The lowest BCUT2D eigenvalue weighted by atomic mass is 9.83. The lowest BCUT2D eigenvalue weighted by molar-refractivity contribution is 0.595. The van der Waals surface area contributed by atoms with Crippen LogP contribution < -0.4 is 0 Å². The Hall–Kier alpha value is -3.90. The Kier molecular flexibility index (Phi) is 4.11. The Morgan fingerprint density at radius 3 is 2.45 bits per heavy atom. The molecule has 0 fully saturated rings. The highest BCUT2D eigenvalue weighted by Gasteiger charge is 2.25. The third-order valence-corrected chi connectivity index (χ3v) is 5.66. The lowest BCUT2D eigenvalue weighted by Crippen LogP contribution is -2.11. The van der Waals surface area contributed by atoms with Gasteiger partial charge in [-0.1, -0.05) is 63.2 Å². The predicted molar refractivity (Wildman–Crippen MR) is 126 cm³/mol. The Morgan fingerprint density at radius 2 is 1.74 bits per heavy atom. The van der Waals surface area contributed by atoms with E-state index in [1.165, 1.54) is 5.56 Å². The summed E-state index contributed by atoms with van der Waals surface area (Å²) in [4.78, 5) is 4.50. The monoisotopic (exact) mass is 403 g/mol. The van der Waals surface area contributed by atoms with Gasteiger partial charge in [-0.05, 0) is 46.9 Å². The summed E-state index contributed by atoms with van der Waals surface area (Å²) in [5.41, 5.74) is 6.35. The van der Waals surface area contributed by atoms with Gasteiger partial charge in [0.2, 0.25) is 0 Å². The SMILES string of the molecule is [2H]c1ccnc(-c2ccc(C(C)(C)C)c3c2oc2c(-c4ccccc4)c(C#N)ccc23)c1. The average molecular weight is 404 g/mol. The molecule has 2 aromatic heterocycles. The first-order valence-electron chi connectivity index (χ1n) is 10.8. The van der Waals surface area contributed by atoms with Gasteiger partial charge in [-0.3, -0.25) is 4.98 Å². The molecule has 31 heavy (non-hydrogen) atoms. The maximum atomic E-state index is 9.84. The first-order valence-corrected chi connectivity index (χ1v) is 10.3. The van der Waals surface area contributed by atoms with Crippen LogP contribution in [-0.2, 0) is 5.41 Å². The Morgan fingerprint density at radius 1 is 0.935 bits per heavy atom. The largest absolute Gasteiger partial charge is 0.455 e. The highest BCUT2D eigenvalue weighted by atomic mass is 16.3. The molecule has 150 valence electrons. The number of hydrogen-bond donors (Lipinski definition) is 0. The van der Waals surface area contributed by atoms with Gasteiger partial charge in [0.1, 0.15) is 11.2 Å². The zero-order chi connectivity index (χ0) is 22.5. The smallest absolute Gasteiger partial charge is 0.145 e. The third-order valence-electron chi connectivity index (χ3n) is 5.66. The van der Waals surface area contributed by atoms with E-state index in [1.54, 1.807) is 18.3 Å². The van der Waals surface area contributed by atoms with Crippen LogP contribution in [0.4, 0.5) is 0 Å². The number of fused-ring (bicyclic) bond motifs is 3. The minimum atomic E-state index is -0.112. The third kappa shape index (κ3) is 3.08. The Labute approximate surface area is 183 Å². The summed E-state index contributed by atoms with van der Waals surface area (Å²) in [6, 6.07) is 24.1. The van der Waals surface area contributed by atoms with Crippen molar-refractivity contribution in [1.82, 2.24) is 4.98 Å². The molecule has 5 aromatic rings. The number of benzene rings is 3. The molecule has 0 unspecified atom stereocenters. The normalized spacial score (nSPS) is 12.1. The molecule has 0 aliphatic rings. The Balaban J connectivity index is 1.97. The van der Waals surface area contributed by atoms with Crippen molar-refractivity contribution >= 4 is 21.9 Å². The highest BCUT2D eigenvalue weighted by molar-refractivity contribution is 6.15. The fourth-order valence-electron chi connectivity index (χ4n) is 4.23. The number of hydrogen-bond acceptors (Lipinski definition) is 3. The van der Waals surface area contributed by atoms with Gasteiger partial charge < -0.3 is 4.42 Å². The second-order valence-corrected chi connectivity index (χ2v) is 8.70. The zero-order valence-corrected chi connectivity index (χ0v) is 17.7. The van der Waals surface area contributed by atoms with Crippen molar-refractivity contribution in [2.75, 3.05) is 0 Å². The fraction of sp³-hybridized carbons (Fsp3) is 0.143. The van der Waals surface area contributed by atoms with Gasteiger partial charge in [0.05, 0.1) is 18.7 Å². The van der Waals surface area contributed by atoms with Crippen LogP contribution in [0.15, 0.2) is 83.4 Å². The minimum absolute atomic E-state index is 0.112. The van der Waals surface area contributed by atoms with Gasteiger partial charge in [0, 0.05) is 28.1 Å². The van der Waals surface area contributed by atoms with Crippen LogP contribution in [0.2, 0.25) is 0 Å². The molecule has 0 N–H and O–H groups in total. The molecule has 2 heterocycles. The predicted octanol–water partition coefficient (Wildman–Crippen LogP) is 7.48. The molecular weight excluding hydrogens is 380 g/mol. The lowest BCUT2D eigenvalue weighted by Gasteiger charge is -2.21. The van der Waals surface area contributed by atoms with E-state index in [9.17, 15) is 5.26 Å². The maximum Gasteiger partial charge on any atom is 0.145 e. The second kappa shape index (κ2) is 7.11. The zero-order valence-electron chi connectivity index (χ0n) is 18.7. The molecule has 0 amide bonds. The van der Waals surface area contributed by atoms with Crippen LogP contribution in [0.5, 0.6) is 0 Å². The molecule has 0 aliphatic heterocycles. The van der Waals surface area contributed by atoms with Crippen LogP contribution in [-0.4, -0.2) is 4.98 Å². The molecule has 5 rings (SSSR count). The topological polar surface area (TPSA) is 49.8 Å². The van der Waals surface area contributed by atoms with Crippen molar-refractivity contribution in [1.29, 1.82) is 5.26 Å². The van der Waals surface area contributed by atoms with E-state index in [0.29, 0.717) is 22.9 Å². The van der Waals surface area contributed by atoms with Crippen LogP contribution >= 0.6 is 0 Å². The summed E-state index contributed by atoms with van der Waals surface area (Å²) < 4.78 is 14.6. The molecule has 0 saturated heterocycles. The second-order valence-electron chi connectivity index (χ2n) is 8.70. The first kappa shape index (κ1) is 17.9. The van der Waals surface area contributed by atoms with Gasteiger partial charge in [-0.25, -0.2) is 0 Å². The summed E-state index contributed by atoms with van der Waals surface area (Å²) in [6.45, 7) is 6.56. The number of aromatic nitrogens is 1. The van der Waals surface area contributed by atoms with E-state index in [0.717, 1.165) is 33.0 Å². The minimum Gasteiger partial charge on any atom is -0.455 e. The Bertz CT molecular complexity index is 1520. The quantitative estimate of drug-likeness (QED) is 0.307. The molecule has 0 spiro atoms. The summed E-state index contributed by atoms with van der Waals surface area (Å²) in [5, 5.41) is 11.8. The van der Waals surface area contributed by atoms with Gasteiger partial charge in [-0.15, -0.1) is 0 Å².